The van der Waals surface area contributed by atoms with Crippen LogP contribution in [0.1, 0.15) is 121 Å². The Hall–Kier alpha value is -1.29. The molecule has 2 unspecified atom stereocenters. The lowest BCUT2D eigenvalue weighted by atomic mass is 9.60. The van der Waals surface area contributed by atoms with Gasteiger partial charge in [-0.05, 0) is 67.9 Å². The number of hydrogen-bond acceptors (Lipinski definition) is 1. The van der Waals surface area contributed by atoms with E-state index in [1.54, 1.807) is 5.56 Å². The molecule has 2 aliphatic carbocycles. The zero-order chi connectivity index (χ0) is 19.8. The maximum absolute atomic E-state index is 9.92. The first kappa shape index (κ1) is 21.4. The van der Waals surface area contributed by atoms with E-state index in [-0.39, 0.29) is 11.3 Å². The minimum atomic E-state index is 0.111. The highest BCUT2D eigenvalue weighted by atomic mass is 14.5. The van der Waals surface area contributed by atoms with Crippen molar-refractivity contribution in [1.82, 2.24) is 0 Å². The van der Waals surface area contributed by atoms with E-state index in [1.165, 1.54) is 89.0 Å². The van der Waals surface area contributed by atoms with Gasteiger partial charge in [0.25, 0.3) is 0 Å². The van der Waals surface area contributed by atoms with Gasteiger partial charge in [0.05, 0.1) is 12.0 Å². The highest BCUT2D eigenvalue weighted by Gasteiger charge is 2.41. The molecule has 2 atom stereocenters. The van der Waals surface area contributed by atoms with E-state index in [0.717, 1.165) is 18.3 Å². The number of nitrogens with zero attached hydrogens (tertiary/aromatic N) is 1. The summed E-state index contributed by atoms with van der Waals surface area (Å²) in [6.07, 6.45) is 18.1. The van der Waals surface area contributed by atoms with Crippen LogP contribution in [0.5, 0.6) is 0 Å². The van der Waals surface area contributed by atoms with Crippen molar-refractivity contribution in [3.8, 4) is 6.07 Å². The van der Waals surface area contributed by atoms with E-state index in [1.807, 2.05) is 0 Å². The molecule has 1 nitrogen and oxygen atoms in total. The number of unbranched alkanes of at least 4 members (excludes halogenated alkanes) is 2. The first-order valence-electron chi connectivity index (χ1n) is 12.2. The summed E-state index contributed by atoms with van der Waals surface area (Å²) in [5.41, 5.74) is 3.12. The van der Waals surface area contributed by atoms with Crippen molar-refractivity contribution in [1.29, 1.82) is 5.26 Å². The third-order valence-electron chi connectivity index (χ3n) is 7.92. The standard InChI is InChI=1S/C27H41N/c1-3-5-7-19-27(20-8-6-10-26(27)21-28)25-17-15-24(16-18-25)23-13-11-22(9-4-2)12-14-23/h15-18,22-23,26H,3-14,19-20H2,1-2H3. The van der Waals surface area contributed by atoms with Crippen molar-refractivity contribution in [2.75, 3.05) is 0 Å². The second kappa shape index (κ2) is 10.5. The van der Waals surface area contributed by atoms with Crippen LogP contribution in [0.2, 0.25) is 0 Å². The predicted octanol–water partition coefficient (Wildman–Crippen LogP) is 8.29. The minimum Gasteiger partial charge on any atom is -0.198 e. The van der Waals surface area contributed by atoms with Gasteiger partial charge < -0.3 is 0 Å². The van der Waals surface area contributed by atoms with Crippen molar-refractivity contribution in [2.45, 2.75) is 115 Å². The Morgan fingerprint density at radius 2 is 1.68 bits per heavy atom. The second-order valence-electron chi connectivity index (χ2n) is 9.67. The van der Waals surface area contributed by atoms with Crippen LogP contribution in [0.3, 0.4) is 0 Å². The number of rotatable bonds is 8. The molecule has 28 heavy (non-hydrogen) atoms. The van der Waals surface area contributed by atoms with Crippen LogP contribution in [0.15, 0.2) is 24.3 Å². The molecule has 0 aromatic heterocycles. The lowest BCUT2D eigenvalue weighted by Crippen LogP contribution is -2.37. The Balaban J connectivity index is 1.74. The van der Waals surface area contributed by atoms with E-state index in [0.29, 0.717) is 0 Å². The van der Waals surface area contributed by atoms with Crippen LogP contribution in [-0.4, -0.2) is 0 Å². The third kappa shape index (κ3) is 4.82. The lowest BCUT2D eigenvalue weighted by Gasteiger charge is -2.42. The lowest BCUT2D eigenvalue weighted by molar-refractivity contribution is 0.209. The van der Waals surface area contributed by atoms with Gasteiger partial charge in [0.1, 0.15) is 0 Å². The molecule has 2 fully saturated rings. The van der Waals surface area contributed by atoms with E-state index < -0.39 is 0 Å². The van der Waals surface area contributed by atoms with Crippen LogP contribution in [0.25, 0.3) is 0 Å². The van der Waals surface area contributed by atoms with Gasteiger partial charge in [0.15, 0.2) is 0 Å². The highest BCUT2D eigenvalue weighted by Crippen LogP contribution is 2.48. The van der Waals surface area contributed by atoms with Gasteiger partial charge >= 0.3 is 0 Å². The Kier molecular flexibility index (Phi) is 8.01. The summed E-state index contributed by atoms with van der Waals surface area (Å²) in [6, 6.07) is 12.4. The molecule has 1 aromatic rings. The molecule has 2 saturated carbocycles. The zero-order valence-electron chi connectivity index (χ0n) is 18.4. The Bertz CT molecular complexity index is 617. The smallest absolute Gasteiger partial charge is 0.0665 e. The van der Waals surface area contributed by atoms with Crippen LogP contribution < -0.4 is 0 Å². The monoisotopic (exact) mass is 379 g/mol. The molecule has 1 heteroatoms. The Morgan fingerprint density at radius 1 is 0.929 bits per heavy atom. The fourth-order valence-electron chi connectivity index (χ4n) is 6.19. The van der Waals surface area contributed by atoms with Gasteiger partial charge in [0.2, 0.25) is 0 Å². The molecular weight excluding hydrogens is 338 g/mol. The molecule has 0 heterocycles. The molecule has 0 amide bonds. The zero-order valence-corrected chi connectivity index (χ0v) is 18.4. The van der Waals surface area contributed by atoms with E-state index in [4.69, 9.17) is 0 Å². The highest BCUT2D eigenvalue weighted by molar-refractivity contribution is 5.34. The SMILES string of the molecule is CCCCCC1(c2ccc(C3CCC(CCC)CC3)cc2)CCCCC1C#N. The summed E-state index contributed by atoms with van der Waals surface area (Å²) >= 11 is 0. The third-order valence-corrected chi connectivity index (χ3v) is 7.92. The molecule has 0 saturated heterocycles. The fraction of sp³-hybridized carbons (Fsp3) is 0.741. The topological polar surface area (TPSA) is 23.8 Å². The minimum absolute atomic E-state index is 0.111. The van der Waals surface area contributed by atoms with Gasteiger partial charge in [-0.25, -0.2) is 0 Å². The summed E-state index contributed by atoms with van der Waals surface area (Å²) in [5.74, 6) is 1.94. The van der Waals surface area contributed by atoms with Crippen molar-refractivity contribution >= 4 is 0 Å². The fourth-order valence-corrected chi connectivity index (χ4v) is 6.19. The Morgan fingerprint density at radius 3 is 2.32 bits per heavy atom. The average Bonchev–Trinajstić information content (AvgIpc) is 2.75. The molecule has 3 rings (SSSR count). The van der Waals surface area contributed by atoms with Crippen molar-refractivity contribution in [3.05, 3.63) is 35.4 Å². The van der Waals surface area contributed by atoms with Gasteiger partial charge in [-0.3, -0.25) is 0 Å². The van der Waals surface area contributed by atoms with E-state index in [2.05, 4.69) is 44.2 Å². The maximum Gasteiger partial charge on any atom is 0.0665 e. The molecule has 0 N–H and O–H groups in total. The molecule has 2 aliphatic rings. The van der Waals surface area contributed by atoms with E-state index >= 15 is 0 Å². The molecule has 0 radical (unpaired) electrons. The molecule has 0 aliphatic heterocycles. The van der Waals surface area contributed by atoms with Crippen molar-refractivity contribution in [3.63, 3.8) is 0 Å². The molecule has 0 bridgehead atoms. The average molecular weight is 380 g/mol. The molecule has 154 valence electrons. The normalized spacial score (nSPS) is 30.7. The molecular formula is C27H41N. The van der Waals surface area contributed by atoms with E-state index in [9.17, 15) is 5.26 Å². The van der Waals surface area contributed by atoms with Crippen LogP contribution in [0, 0.1) is 23.2 Å². The number of nitriles is 1. The number of hydrogen-bond donors (Lipinski definition) is 0. The molecule has 1 aromatic carbocycles. The summed E-state index contributed by atoms with van der Waals surface area (Å²) in [6.45, 7) is 4.60. The Labute approximate surface area is 173 Å². The molecule has 0 spiro atoms. The van der Waals surface area contributed by atoms with Gasteiger partial charge in [0, 0.05) is 5.41 Å². The summed E-state index contributed by atoms with van der Waals surface area (Å²) in [4.78, 5) is 0. The first-order valence-corrected chi connectivity index (χ1v) is 12.2. The first-order chi connectivity index (χ1) is 13.7. The number of benzene rings is 1. The largest absolute Gasteiger partial charge is 0.198 e. The van der Waals surface area contributed by atoms with Crippen LogP contribution in [-0.2, 0) is 5.41 Å². The predicted molar refractivity (Wildman–Crippen MR) is 119 cm³/mol. The van der Waals surface area contributed by atoms with Crippen LogP contribution >= 0.6 is 0 Å². The van der Waals surface area contributed by atoms with Crippen LogP contribution in [0.4, 0.5) is 0 Å². The summed E-state index contributed by atoms with van der Waals surface area (Å²) < 4.78 is 0. The summed E-state index contributed by atoms with van der Waals surface area (Å²) in [5, 5.41) is 9.92. The second-order valence-corrected chi connectivity index (χ2v) is 9.67. The van der Waals surface area contributed by atoms with Crippen molar-refractivity contribution in [2.24, 2.45) is 11.8 Å². The summed E-state index contributed by atoms with van der Waals surface area (Å²) in [7, 11) is 0. The quantitative estimate of drug-likeness (QED) is 0.417. The van der Waals surface area contributed by atoms with Crippen molar-refractivity contribution < 1.29 is 0 Å². The van der Waals surface area contributed by atoms with Gasteiger partial charge in [-0.15, -0.1) is 0 Å². The van der Waals surface area contributed by atoms with Gasteiger partial charge in [-0.2, -0.15) is 5.26 Å². The van der Waals surface area contributed by atoms with Gasteiger partial charge in [-0.1, -0.05) is 83.1 Å². The maximum atomic E-state index is 9.92.